The van der Waals surface area contributed by atoms with Gasteiger partial charge in [-0.2, -0.15) is 0 Å². The lowest BCUT2D eigenvalue weighted by Gasteiger charge is -2.22. The van der Waals surface area contributed by atoms with Crippen LogP contribution in [0.15, 0.2) is 60.7 Å². The Bertz CT molecular complexity index is 2700. The molecule has 23 nitrogen and oxygen atoms in total. The molecule has 2 aliphatic rings. The summed E-state index contributed by atoms with van der Waals surface area (Å²) in [6.45, 7) is 14.3. The summed E-state index contributed by atoms with van der Waals surface area (Å²) in [7, 11) is 5.96. The van der Waals surface area contributed by atoms with Crippen LogP contribution in [0.2, 0.25) is 0 Å². The van der Waals surface area contributed by atoms with Gasteiger partial charge in [-0.15, -0.1) is 0 Å². The molecule has 4 atom stereocenters. The maximum absolute atomic E-state index is 13.1. The smallest absolute Gasteiger partial charge is 0.306 e. The maximum Gasteiger partial charge on any atom is 0.306 e. The monoisotopic (exact) mass is 1370 g/mol. The molecule has 2 saturated heterocycles. The van der Waals surface area contributed by atoms with Gasteiger partial charge < -0.3 is 109 Å². The molecule has 0 radical (unpaired) electrons. The molecule has 0 unspecified atom stereocenters. The topological polar surface area (TPSA) is 312 Å². The van der Waals surface area contributed by atoms with E-state index >= 15 is 0 Å². The first-order valence-electron chi connectivity index (χ1n) is 31.3. The molecule has 0 amide bonds. The van der Waals surface area contributed by atoms with Crippen molar-refractivity contribution < 1.29 is 142 Å². The van der Waals surface area contributed by atoms with Gasteiger partial charge in [0, 0.05) is 61.5 Å². The average molecular weight is 1380 g/mol. The lowest BCUT2D eigenvalue weighted by Crippen LogP contribution is -3.15. The van der Waals surface area contributed by atoms with E-state index in [1.807, 2.05) is 24.3 Å². The summed E-state index contributed by atoms with van der Waals surface area (Å²) in [6, 6.07) is 17.4. The summed E-state index contributed by atoms with van der Waals surface area (Å²) < 4.78 is 26.4. The molecule has 0 bridgehead atoms. The molecule has 2 heterocycles. The van der Waals surface area contributed by atoms with Crippen LogP contribution in [0.5, 0.6) is 11.5 Å². The number of methoxy groups -OCH3 is 2. The van der Waals surface area contributed by atoms with Crippen molar-refractivity contribution in [2.45, 2.75) is 162 Å². The molecule has 9 N–H and O–H groups in total. The van der Waals surface area contributed by atoms with Crippen molar-refractivity contribution in [1.29, 1.82) is 0 Å². The van der Waals surface area contributed by atoms with Crippen LogP contribution in [-0.2, 0) is 85.5 Å². The number of likely N-dealkylation sites (N-methyl/N-ethyl adjacent to an activating group) is 2. The van der Waals surface area contributed by atoms with Crippen LogP contribution in [0.3, 0.4) is 0 Å². The number of Topliss-reactive ketones (excluding diaryl/α,β-unsaturated/α-hetero) is 4. The highest BCUT2D eigenvalue weighted by Gasteiger charge is 2.28. The lowest BCUT2D eigenvalue weighted by molar-refractivity contribution is -0.917. The molecule has 3 aromatic rings. The van der Waals surface area contributed by atoms with Gasteiger partial charge in [-0.3, -0.25) is 48.5 Å². The zero-order chi connectivity index (χ0) is 64.2. The fourth-order valence-electron chi connectivity index (χ4n) is 10.9. The number of nitrogens with two attached hydrogens (primary N) is 2. The number of piperidine rings is 2. The average Bonchev–Trinajstić information content (AvgIpc) is 1.82. The Kier molecular flexibility index (Phi) is 45.7. The normalized spacial score (nSPS) is 14.2. The van der Waals surface area contributed by atoms with Crippen molar-refractivity contribution in [2.75, 3.05) is 80.7 Å². The van der Waals surface area contributed by atoms with Crippen LogP contribution in [0.4, 0.5) is 5.69 Å². The first kappa shape index (κ1) is 86.1. The Morgan fingerprint density at radius 1 is 0.543 bits per heavy atom. The number of nitrogens with zero attached hydrogens (tertiary/aromatic N) is 1. The molecule has 92 heavy (non-hydrogen) atoms. The van der Waals surface area contributed by atoms with E-state index < -0.39 is 46.8 Å². The number of carbonyl (C=O) groups is 8. The van der Waals surface area contributed by atoms with E-state index in [9.17, 15) is 48.5 Å². The molecular formula is C65H99Cl4N7O16. The maximum atomic E-state index is 13.1. The van der Waals surface area contributed by atoms with Gasteiger partial charge in [-0.05, 0) is 109 Å². The summed E-state index contributed by atoms with van der Waals surface area (Å²) in [6.07, 6.45) is 8.37. The molecule has 0 spiro atoms. The molecule has 2 aliphatic heterocycles. The molecule has 0 saturated carbocycles. The largest absolute Gasteiger partial charge is 1.00 e. The van der Waals surface area contributed by atoms with Crippen LogP contribution < -0.4 is 90.2 Å². The number of nitro benzene ring substituents is 1. The minimum Gasteiger partial charge on any atom is -1.00 e. The van der Waals surface area contributed by atoms with Gasteiger partial charge in [0.15, 0.2) is 11.5 Å². The van der Waals surface area contributed by atoms with E-state index in [1.54, 1.807) is 23.9 Å². The second-order valence-electron chi connectivity index (χ2n) is 23.1. The summed E-state index contributed by atoms with van der Waals surface area (Å²) in [5.74, 6) is -4.38. The fraction of sp³-hybridized carbons (Fsp3) is 0.600. The zero-order valence-electron chi connectivity index (χ0n) is 54.3. The Morgan fingerprint density at radius 2 is 0.902 bits per heavy atom. The number of quaternary nitrogens is 4. The Morgan fingerprint density at radius 3 is 1.26 bits per heavy atom. The first-order valence-corrected chi connectivity index (χ1v) is 31.3. The summed E-state index contributed by atoms with van der Waals surface area (Å²) in [5.41, 5.74) is 4.07. The molecule has 0 aromatic heterocycles. The highest BCUT2D eigenvalue weighted by atomic mass is 35.5. The van der Waals surface area contributed by atoms with Gasteiger partial charge in [0.05, 0.1) is 69.0 Å². The molecule has 518 valence electrons. The number of carboxylic acid groups (broad SMARTS) is 1. The van der Waals surface area contributed by atoms with Crippen molar-refractivity contribution in [3.63, 3.8) is 0 Å². The minimum absolute atomic E-state index is 0. The van der Waals surface area contributed by atoms with Gasteiger partial charge in [-0.1, -0.05) is 48.5 Å². The lowest BCUT2D eigenvalue weighted by atomic mass is 9.90. The number of ketones is 4. The predicted molar refractivity (Wildman–Crippen MR) is 326 cm³/mol. The minimum atomic E-state index is -0.997. The zero-order valence-corrected chi connectivity index (χ0v) is 57.3. The van der Waals surface area contributed by atoms with Crippen LogP contribution in [0, 0.1) is 22.0 Å². The van der Waals surface area contributed by atoms with E-state index in [-0.39, 0.29) is 186 Å². The van der Waals surface area contributed by atoms with Crippen molar-refractivity contribution in [3.05, 3.63) is 98.6 Å². The predicted octanol–water partition coefficient (Wildman–Crippen LogP) is -9.88. The van der Waals surface area contributed by atoms with E-state index in [1.165, 1.54) is 129 Å². The van der Waals surface area contributed by atoms with Crippen molar-refractivity contribution in [1.82, 2.24) is 10.6 Å². The van der Waals surface area contributed by atoms with Gasteiger partial charge in [0.25, 0.3) is 5.69 Å². The van der Waals surface area contributed by atoms with Gasteiger partial charge >= 0.3 is 23.9 Å². The van der Waals surface area contributed by atoms with Crippen LogP contribution in [-0.4, -0.2) is 150 Å². The molecule has 2 fully saturated rings. The number of benzene rings is 3. The van der Waals surface area contributed by atoms with Gasteiger partial charge in [0.1, 0.15) is 82.2 Å². The summed E-state index contributed by atoms with van der Waals surface area (Å²) in [4.78, 5) is 112. The number of nitro groups is 1. The van der Waals surface area contributed by atoms with Crippen molar-refractivity contribution in [3.8, 4) is 11.5 Å². The molecule has 5 rings (SSSR count). The summed E-state index contributed by atoms with van der Waals surface area (Å²) >= 11 is 0. The number of esters is 3. The second-order valence-corrected chi connectivity index (χ2v) is 23.1. The van der Waals surface area contributed by atoms with Crippen molar-refractivity contribution >= 4 is 52.7 Å². The Hall–Kier alpha value is -5.86. The third-order valence-electron chi connectivity index (χ3n) is 16.5. The van der Waals surface area contributed by atoms with Crippen molar-refractivity contribution in [2.24, 2.45) is 11.8 Å². The number of carboxylic acids is 1. The third-order valence-corrected chi connectivity index (χ3v) is 16.5. The number of nitrogens with one attached hydrogen (secondary N) is 4. The SMILES string of the molecule is CN[C@H](CCC(=O)OCc1ccc(C[NH2+]CC[NH+]2CCCCC2)cc1)C(=O)C[C@@H](CCC(=O)O)C(C)=O.CN[C@H](CCC(=O)OCc1ccc(C[NH2+]CC[NH+]2CCCCC2)cc1)C(=O)C[C@@H](CCC(=O)OCc1cc(OC)c(OC)cc1[N+](=O)[O-])C(C)=O.[Cl-].[Cl-].[Cl-].[Cl-]. The van der Waals surface area contributed by atoms with E-state index in [0.29, 0.717) is 0 Å². The number of aliphatic carboxylic acids is 1. The number of hydrogen-bond acceptors (Lipinski definition) is 17. The quantitative estimate of drug-likeness (QED) is 0.00912. The molecule has 0 aliphatic carbocycles. The number of ether oxygens (including phenoxy) is 5. The fourth-order valence-corrected chi connectivity index (χ4v) is 10.9. The molecular weight excluding hydrogens is 1280 g/mol. The first-order chi connectivity index (χ1) is 42.3. The third kappa shape index (κ3) is 33.8. The second kappa shape index (κ2) is 48.8. The number of halogens is 4. The Balaban J connectivity index is 0.00000181. The van der Waals surface area contributed by atoms with Gasteiger partial charge in [-0.25, -0.2) is 0 Å². The highest BCUT2D eigenvalue weighted by molar-refractivity contribution is 5.91. The van der Waals surface area contributed by atoms with Gasteiger partial charge in [0.2, 0.25) is 0 Å². The number of carbonyl (C=O) groups excluding carboxylic acids is 7. The van der Waals surface area contributed by atoms with E-state index in [2.05, 4.69) is 45.5 Å². The van der Waals surface area contributed by atoms with Crippen LogP contribution in [0.25, 0.3) is 0 Å². The van der Waals surface area contributed by atoms with Crippen LogP contribution in [0.1, 0.15) is 144 Å². The van der Waals surface area contributed by atoms with Crippen LogP contribution >= 0.6 is 0 Å². The van der Waals surface area contributed by atoms with E-state index in [0.717, 1.165) is 37.3 Å². The molecule has 27 heteroatoms. The summed E-state index contributed by atoms with van der Waals surface area (Å²) in [5, 5.41) is 30.9. The standard InChI is InChI=1S/C37H52N4O10.C28H43N3O6.4ClH/c1-26(42)29(12-14-36(44)51-25-30-21-34(48-3)35(49-4)22-32(30)41(46)47)20-33(43)31(38-2)13-15-37(45)50-24-28-10-8-27(9-11-28)23-39-16-19-40-17-6-5-7-18-40;1-21(32)24(10-12-27(34)35)18-26(33)25(29-2)11-13-28(36)37-20-23-8-6-22(7-9-23)19-30-14-17-31-15-4-3-5-16-31;;;;/h8-11,21-22,29,31,38-39H,5-7,12-20,23-25H2,1-4H3;6-9,24-25,29-30H,3-5,10-20H2,1-2H3,(H,34,35);4*1H/t29-,31-;24-,25-;;;;/m11..../s1. The number of hydrogen-bond donors (Lipinski definition) is 7. The van der Waals surface area contributed by atoms with E-state index in [4.69, 9.17) is 28.8 Å². The number of rotatable bonds is 41. The Labute approximate surface area is 566 Å². The molecule has 3 aromatic carbocycles. The number of likely N-dealkylation sites (tertiary alicyclic amines) is 2. The highest BCUT2D eigenvalue weighted by Crippen LogP contribution is 2.35.